The molecule has 0 saturated heterocycles. The molecule has 0 aromatic carbocycles. The highest BCUT2D eigenvalue weighted by atomic mass is 16.3. The molecule has 1 heterocycles. The summed E-state index contributed by atoms with van der Waals surface area (Å²) in [7, 11) is 0. The SMILES string of the molecule is OCc1ccnc(C2CCCCCC2)n1. The smallest absolute Gasteiger partial charge is 0.131 e. The average molecular weight is 206 g/mol. The molecule has 2 rings (SSSR count). The van der Waals surface area contributed by atoms with Crippen LogP contribution in [0.1, 0.15) is 56.0 Å². The van der Waals surface area contributed by atoms with Gasteiger partial charge in [0.15, 0.2) is 0 Å². The van der Waals surface area contributed by atoms with E-state index in [1.54, 1.807) is 12.3 Å². The lowest BCUT2D eigenvalue weighted by molar-refractivity contribution is 0.275. The lowest BCUT2D eigenvalue weighted by Crippen LogP contribution is -2.05. The molecular weight excluding hydrogens is 188 g/mol. The molecular formula is C12H18N2O. The van der Waals surface area contributed by atoms with Gasteiger partial charge >= 0.3 is 0 Å². The highest BCUT2D eigenvalue weighted by Crippen LogP contribution is 2.29. The van der Waals surface area contributed by atoms with Crippen molar-refractivity contribution < 1.29 is 5.11 Å². The van der Waals surface area contributed by atoms with Crippen LogP contribution in [-0.4, -0.2) is 15.1 Å². The van der Waals surface area contributed by atoms with Gasteiger partial charge in [-0.3, -0.25) is 0 Å². The zero-order chi connectivity index (χ0) is 10.5. The van der Waals surface area contributed by atoms with Crippen LogP contribution in [0, 0.1) is 0 Å². The summed E-state index contributed by atoms with van der Waals surface area (Å²) in [6.45, 7) is 0.0161. The van der Waals surface area contributed by atoms with Crippen molar-refractivity contribution in [3.05, 3.63) is 23.8 Å². The second-order valence-electron chi connectivity index (χ2n) is 4.25. The number of hydrogen-bond acceptors (Lipinski definition) is 3. The highest BCUT2D eigenvalue weighted by molar-refractivity contribution is 5.05. The van der Waals surface area contributed by atoms with Crippen LogP contribution in [0.4, 0.5) is 0 Å². The van der Waals surface area contributed by atoms with Gasteiger partial charge in [0.25, 0.3) is 0 Å². The maximum atomic E-state index is 9.03. The summed E-state index contributed by atoms with van der Waals surface area (Å²) in [6, 6.07) is 1.78. The molecule has 0 aliphatic heterocycles. The number of hydrogen-bond donors (Lipinski definition) is 1. The third kappa shape index (κ3) is 2.75. The third-order valence-electron chi connectivity index (χ3n) is 3.11. The standard InChI is InChI=1S/C12H18N2O/c15-9-11-7-8-13-12(14-11)10-5-3-1-2-4-6-10/h7-8,10,15H,1-6,9H2. The van der Waals surface area contributed by atoms with E-state index in [4.69, 9.17) is 5.11 Å². The van der Waals surface area contributed by atoms with E-state index in [2.05, 4.69) is 9.97 Å². The largest absolute Gasteiger partial charge is 0.390 e. The number of aliphatic hydroxyl groups excluding tert-OH is 1. The minimum atomic E-state index is 0.0161. The van der Waals surface area contributed by atoms with Gasteiger partial charge in [-0.05, 0) is 18.9 Å². The van der Waals surface area contributed by atoms with Crippen LogP contribution in [0.25, 0.3) is 0 Å². The first-order chi connectivity index (χ1) is 7.40. The molecule has 1 aliphatic rings. The van der Waals surface area contributed by atoms with Gasteiger partial charge in [0.2, 0.25) is 0 Å². The Bertz CT molecular complexity index is 306. The van der Waals surface area contributed by atoms with Gasteiger partial charge in [-0.15, -0.1) is 0 Å². The Morgan fingerprint density at radius 1 is 1.20 bits per heavy atom. The molecule has 0 radical (unpaired) electrons. The monoisotopic (exact) mass is 206 g/mol. The van der Waals surface area contributed by atoms with E-state index in [0.29, 0.717) is 5.92 Å². The van der Waals surface area contributed by atoms with Gasteiger partial charge in [-0.1, -0.05) is 25.7 Å². The summed E-state index contributed by atoms with van der Waals surface area (Å²) in [5, 5.41) is 9.03. The molecule has 3 nitrogen and oxygen atoms in total. The summed E-state index contributed by atoms with van der Waals surface area (Å²) in [4.78, 5) is 8.73. The maximum absolute atomic E-state index is 9.03. The van der Waals surface area contributed by atoms with E-state index in [1.165, 1.54) is 38.5 Å². The summed E-state index contributed by atoms with van der Waals surface area (Å²) >= 11 is 0. The quantitative estimate of drug-likeness (QED) is 0.756. The normalized spacial score (nSPS) is 18.7. The zero-order valence-corrected chi connectivity index (χ0v) is 9.02. The molecule has 1 aromatic heterocycles. The molecule has 1 fully saturated rings. The molecule has 1 saturated carbocycles. The first-order valence-corrected chi connectivity index (χ1v) is 5.83. The molecule has 82 valence electrons. The number of nitrogens with zero attached hydrogens (tertiary/aromatic N) is 2. The fourth-order valence-corrected chi connectivity index (χ4v) is 2.24. The molecule has 0 atom stereocenters. The van der Waals surface area contributed by atoms with Gasteiger partial charge in [-0.2, -0.15) is 0 Å². The Balaban J connectivity index is 2.12. The topological polar surface area (TPSA) is 46.0 Å². The molecule has 0 amide bonds. The van der Waals surface area contributed by atoms with Gasteiger partial charge in [0.1, 0.15) is 5.82 Å². The maximum Gasteiger partial charge on any atom is 0.131 e. The molecule has 1 aliphatic carbocycles. The predicted octanol–water partition coefficient (Wildman–Crippen LogP) is 2.41. The lowest BCUT2D eigenvalue weighted by atomic mass is 9.99. The van der Waals surface area contributed by atoms with Crippen LogP contribution in [0.3, 0.4) is 0 Å². The first-order valence-electron chi connectivity index (χ1n) is 5.83. The molecule has 0 spiro atoms. The molecule has 1 aromatic rings. The second-order valence-corrected chi connectivity index (χ2v) is 4.25. The molecule has 0 unspecified atom stereocenters. The molecule has 3 heteroatoms. The Morgan fingerprint density at radius 2 is 1.93 bits per heavy atom. The van der Waals surface area contributed by atoms with Gasteiger partial charge in [0, 0.05) is 12.1 Å². The van der Waals surface area contributed by atoms with Gasteiger partial charge in [-0.25, -0.2) is 9.97 Å². The summed E-state index contributed by atoms with van der Waals surface area (Å²) in [5.74, 6) is 1.45. The van der Waals surface area contributed by atoms with E-state index >= 15 is 0 Å². The second kappa shape index (κ2) is 5.21. The summed E-state index contributed by atoms with van der Waals surface area (Å²) in [6.07, 6.45) is 9.43. The Morgan fingerprint density at radius 3 is 2.60 bits per heavy atom. The summed E-state index contributed by atoms with van der Waals surface area (Å²) < 4.78 is 0. The van der Waals surface area contributed by atoms with Crippen LogP contribution in [-0.2, 0) is 6.61 Å². The van der Waals surface area contributed by atoms with Gasteiger partial charge < -0.3 is 5.11 Å². The van der Waals surface area contributed by atoms with Crippen LogP contribution < -0.4 is 0 Å². The first kappa shape index (κ1) is 10.6. The summed E-state index contributed by atoms with van der Waals surface area (Å²) in [5.41, 5.74) is 0.740. The van der Waals surface area contributed by atoms with E-state index in [9.17, 15) is 0 Å². The molecule has 1 N–H and O–H groups in total. The van der Waals surface area contributed by atoms with Crippen LogP contribution in [0.15, 0.2) is 12.3 Å². The minimum Gasteiger partial charge on any atom is -0.390 e. The van der Waals surface area contributed by atoms with Crippen molar-refractivity contribution in [2.75, 3.05) is 0 Å². The van der Waals surface area contributed by atoms with Crippen molar-refractivity contribution in [1.29, 1.82) is 0 Å². The average Bonchev–Trinajstić information content (AvgIpc) is 2.58. The minimum absolute atomic E-state index is 0.0161. The molecule has 15 heavy (non-hydrogen) atoms. The highest BCUT2D eigenvalue weighted by Gasteiger charge is 2.16. The fourth-order valence-electron chi connectivity index (χ4n) is 2.24. The van der Waals surface area contributed by atoms with E-state index in [1.807, 2.05) is 0 Å². The fraction of sp³-hybridized carbons (Fsp3) is 0.667. The van der Waals surface area contributed by atoms with Crippen molar-refractivity contribution in [2.45, 2.75) is 51.0 Å². The van der Waals surface area contributed by atoms with E-state index < -0.39 is 0 Å². The van der Waals surface area contributed by atoms with Crippen LogP contribution in [0.2, 0.25) is 0 Å². The Hall–Kier alpha value is -0.960. The number of rotatable bonds is 2. The molecule has 0 bridgehead atoms. The Labute approximate surface area is 90.6 Å². The van der Waals surface area contributed by atoms with Crippen molar-refractivity contribution in [2.24, 2.45) is 0 Å². The zero-order valence-electron chi connectivity index (χ0n) is 9.02. The van der Waals surface area contributed by atoms with Crippen molar-refractivity contribution >= 4 is 0 Å². The number of aromatic nitrogens is 2. The third-order valence-corrected chi connectivity index (χ3v) is 3.11. The number of aliphatic hydroxyl groups is 1. The van der Waals surface area contributed by atoms with Crippen LogP contribution in [0.5, 0.6) is 0 Å². The Kier molecular flexibility index (Phi) is 3.67. The van der Waals surface area contributed by atoms with Crippen molar-refractivity contribution in [3.63, 3.8) is 0 Å². The van der Waals surface area contributed by atoms with E-state index in [-0.39, 0.29) is 6.61 Å². The van der Waals surface area contributed by atoms with Crippen molar-refractivity contribution in [3.8, 4) is 0 Å². The van der Waals surface area contributed by atoms with Gasteiger partial charge in [0.05, 0.1) is 12.3 Å². The predicted molar refractivity (Wildman–Crippen MR) is 58.4 cm³/mol. The van der Waals surface area contributed by atoms with Crippen molar-refractivity contribution in [1.82, 2.24) is 9.97 Å². The van der Waals surface area contributed by atoms with E-state index in [0.717, 1.165) is 11.5 Å². The lowest BCUT2D eigenvalue weighted by Gasteiger charge is -2.12. The van der Waals surface area contributed by atoms with Crippen LogP contribution >= 0.6 is 0 Å².